The van der Waals surface area contributed by atoms with Gasteiger partial charge in [0.15, 0.2) is 20.2 Å². The van der Waals surface area contributed by atoms with Crippen molar-refractivity contribution in [2.24, 2.45) is 22.2 Å². The van der Waals surface area contributed by atoms with Crippen LogP contribution in [0.5, 0.6) is 0 Å². The van der Waals surface area contributed by atoms with Gasteiger partial charge in [-0.05, 0) is 63.1 Å². The number of fused-ring (bicyclic) bond motifs is 4. The Bertz CT molecular complexity index is 859. The maximum Gasteiger partial charge on any atom is 0.311 e. The zero-order chi connectivity index (χ0) is 26.6. The van der Waals surface area contributed by atoms with Crippen molar-refractivity contribution >= 4 is 14.3 Å². The quantitative estimate of drug-likeness (QED) is 0.428. The van der Waals surface area contributed by atoms with E-state index in [1.54, 1.807) is 20.8 Å². The molecule has 0 aromatic heterocycles. The molecule has 9 atom stereocenters. The van der Waals surface area contributed by atoms with Crippen molar-refractivity contribution < 1.29 is 33.6 Å². The molecule has 1 saturated heterocycles. The number of esters is 1. The monoisotopic (exact) mass is 512 g/mol. The summed E-state index contributed by atoms with van der Waals surface area (Å²) in [5.41, 5.74) is -0.977. The van der Waals surface area contributed by atoms with E-state index in [1.165, 1.54) is 0 Å². The summed E-state index contributed by atoms with van der Waals surface area (Å²) < 4.78 is 26.3. The van der Waals surface area contributed by atoms with Crippen LogP contribution in [0.4, 0.5) is 0 Å². The van der Waals surface area contributed by atoms with Crippen LogP contribution in [-0.4, -0.2) is 66.9 Å². The maximum absolute atomic E-state index is 12.9. The Hall–Kier alpha value is -0.513. The molecule has 4 fully saturated rings. The van der Waals surface area contributed by atoms with Crippen molar-refractivity contribution in [1.82, 2.24) is 0 Å². The summed E-state index contributed by atoms with van der Waals surface area (Å²) in [7, 11) is -2.34. The number of hydrogen-bond donors (Lipinski definition) is 2. The summed E-state index contributed by atoms with van der Waals surface area (Å²) in [6.45, 7) is 22.8. The highest BCUT2D eigenvalue weighted by atomic mass is 28.4. The van der Waals surface area contributed by atoms with Gasteiger partial charge in [0.05, 0.1) is 5.41 Å². The fourth-order valence-corrected chi connectivity index (χ4v) is 7.83. The first-order valence-electron chi connectivity index (χ1n) is 13.3. The molecule has 0 unspecified atom stereocenters. The predicted molar refractivity (Wildman–Crippen MR) is 135 cm³/mol. The summed E-state index contributed by atoms with van der Waals surface area (Å²) in [4.78, 5) is 12.9. The Morgan fingerprint density at radius 3 is 1.89 bits per heavy atom. The second-order valence-electron chi connectivity index (χ2n) is 14.9. The zero-order valence-corrected chi connectivity index (χ0v) is 24.6. The number of carbonyl (C=O) groups excluding carboxylic acids is 1. The Morgan fingerprint density at radius 2 is 1.46 bits per heavy atom. The fourth-order valence-electron chi connectivity index (χ4n) is 6.52. The maximum atomic E-state index is 12.9. The Kier molecular flexibility index (Phi) is 6.29. The molecule has 1 heterocycles. The summed E-state index contributed by atoms with van der Waals surface area (Å²) in [5, 5.41) is 22.5. The molecule has 202 valence electrons. The zero-order valence-electron chi connectivity index (χ0n) is 23.6. The van der Waals surface area contributed by atoms with Gasteiger partial charge in [-0.25, -0.2) is 0 Å². The third kappa shape index (κ3) is 3.88. The molecule has 1 spiro atoms. The molecular formula is C27H48O7Si. The van der Waals surface area contributed by atoms with Crippen molar-refractivity contribution in [3.05, 3.63) is 0 Å². The third-order valence-corrected chi connectivity index (χ3v) is 15.0. The number of carbonyl (C=O) groups is 1. The molecule has 4 aliphatic rings. The number of ether oxygens (including phenoxy) is 3. The predicted octanol–water partition coefficient (Wildman–Crippen LogP) is 4.40. The van der Waals surface area contributed by atoms with Crippen LogP contribution in [0.1, 0.15) is 81.6 Å². The average molecular weight is 513 g/mol. The van der Waals surface area contributed by atoms with E-state index in [0.717, 1.165) is 19.3 Å². The second kappa shape index (κ2) is 8.00. The van der Waals surface area contributed by atoms with Crippen LogP contribution in [0, 0.1) is 22.2 Å². The van der Waals surface area contributed by atoms with Gasteiger partial charge in [-0.15, -0.1) is 0 Å². The van der Waals surface area contributed by atoms with Crippen LogP contribution in [0.3, 0.4) is 0 Å². The van der Waals surface area contributed by atoms with Gasteiger partial charge in [-0.2, -0.15) is 0 Å². The molecule has 35 heavy (non-hydrogen) atoms. The molecule has 1 aliphatic heterocycles. The van der Waals surface area contributed by atoms with Crippen LogP contribution < -0.4 is 0 Å². The molecule has 4 rings (SSSR count). The lowest BCUT2D eigenvalue weighted by molar-refractivity contribution is -0.257. The molecule has 0 aromatic rings. The SMILES string of the molecule is CC(C)(C)C(=O)O[C@H]1[C@H](O)[C@@H](O)[C@H](O[Si](C)(C)C(C)(C)C)[C@H]2O[C@]3(C[C@H]4CC[C@]3(C)C4(C)C)O[C@H]21. The second-order valence-corrected chi connectivity index (χ2v) is 19.6. The van der Waals surface area contributed by atoms with Gasteiger partial charge in [-0.3, -0.25) is 4.79 Å². The largest absolute Gasteiger partial charge is 0.456 e. The minimum Gasteiger partial charge on any atom is -0.456 e. The highest BCUT2D eigenvalue weighted by Crippen LogP contribution is 2.73. The van der Waals surface area contributed by atoms with Crippen molar-refractivity contribution in [3.63, 3.8) is 0 Å². The van der Waals surface area contributed by atoms with Crippen LogP contribution in [0.2, 0.25) is 18.1 Å². The van der Waals surface area contributed by atoms with Crippen LogP contribution in [0.25, 0.3) is 0 Å². The Morgan fingerprint density at radius 1 is 0.943 bits per heavy atom. The number of aliphatic hydroxyl groups is 2. The molecule has 7 nitrogen and oxygen atoms in total. The smallest absolute Gasteiger partial charge is 0.311 e. The van der Waals surface area contributed by atoms with Crippen LogP contribution in [-0.2, 0) is 23.4 Å². The normalized spacial score (nSPS) is 45.1. The van der Waals surface area contributed by atoms with Crippen molar-refractivity contribution in [3.8, 4) is 0 Å². The first-order chi connectivity index (χ1) is 15.7. The number of aliphatic hydroxyl groups excluding tert-OH is 2. The van der Waals surface area contributed by atoms with Gasteiger partial charge < -0.3 is 28.8 Å². The third-order valence-electron chi connectivity index (χ3n) is 10.5. The topological polar surface area (TPSA) is 94.5 Å². The first-order valence-corrected chi connectivity index (χ1v) is 16.2. The molecule has 0 amide bonds. The summed E-state index contributed by atoms with van der Waals surface area (Å²) in [6.07, 6.45) is -2.91. The van der Waals surface area contributed by atoms with Gasteiger partial charge in [0, 0.05) is 11.8 Å². The van der Waals surface area contributed by atoms with E-state index >= 15 is 0 Å². The van der Waals surface area contributed by atoms with E-state index in [-0.39, 0.29) is 15.9 Å². The van der Waals surface area contributed by atoms with E-state index in [0.29, 0.717) is 5.92 Å². The van der Waals surface area contributed by atoms with Crippen LogP contribution >= 0.6 is 0 Å². The van der Waals surface area contributed by atoms with Gasteiger partial charge in [0.1, 0.15) is 30.5 Å². The molecule has 0 aromatic carbocycles. The summed E-state index contributed by atoms with van der Waals surface area (Å²) >= 11 is 0. The highest BCUT2D eigenvalue weighted by Gasteiger charge is 2.76. The van der Waals surface area contributed by atoms with Gasteiger partial charge in [-0.1, -0.05) is 41.5 Å². The lowest BCUT2D eigenvalue weighted by Gasteiger charge is -2.47. The van der Waals surface area contributed by atoms with Gasteiger partial charge in [0.25, 0.3) is 0 Å². The van der Waals surface area contributed by atoms with Crippen LogP contribution in [0.15, 0.2) is 0 Å². The van der Waals surface area contributed by atoms with Crippen molar-refractivity contribution in [2.75, 3.05) is 0 Å². The fraction of sp³-hybridized carbons (Fsp3) is 0.963. The molecule has 3 saturated carbocycles. The minimum absolute atomic E-state index is 0.0189. The minimum atomic E-state index is -2.34. The Balaban J connectivity index is 1.74. The Labute approximate surface area is 212 Å². The standard InChI is InChI=1S/C27H48O7Si/c1-23(2,3)22(30)31-18-16(28)17(29)19(34-35(10,11)24(4,5)6)21-20(18)32-27(33-21)14-15-12-13-26(27,9)25(15,7)8/h15-21,28-29H,12-14H2,1-11H3/t15-,16-,17-,18+,19+,20+,21-,26-,27+/m1/s1. The van der Waals surface area contributed by atoms with E-state index in [9.17, 15) is 15.0 Å². The average Bonchev–Trinajstić information content (AvgIpc) is 3.23. The first kappa shape index (κ1) is 27.5. The van der Waals surface area contributed by atoms with Crippen molar-refractivity contribution in [2.45, 2.75) is 142 Å². The number of hydrogen-bond acceptors (Lipinski definition) is 7. The van der Waals surface area contributed by atoms with Gasteiger partial charge >= 0.3 is 5.97 Å². The lowest BCUT2D eigenvalue weighted by atomic mass is 9.68. The lowest BCUT2D eigenvalue weighted by Crippen LogP contribution is -2.66. The molecular weight excluding hydrogens is 464 g/mol. The van der Waals surface area contributed by atoms with E-state index in [2.05, 4.69) is 54.6 Å². The van der Waals surface area contributed by atoms with Crippen molar-refractivity contribution in [1.29, 1.82) is 0 Å². The van der Waals surface area contributed by atoms with E-state index in [1.807, 2.05) is 0 Å². The van der Waals surface area contributed by atoms with E-state index < -0.39 is 62.1 Å². The van der Waals surface area contributed by atoms with Gasteiger partial charge in [0.2, 0.25) is 0 Å². The number of rotatable bonds is 3. The summed E-state index contributed by atoms with van der Waals surface area (Å²) in [6, 6.07) is 0. The molecule has 2 N–H and O–H groups in total. The molecule has 3 aliphatic carbocycles. The molecule has 2 bridgehead atoms. The molecule has 8 heteroatoms. The highest BCUT2D eigenvalue weighted by molar-refractivity contribution is 6.74. The molecule has 0 radical (unpaired) electrons. The summed E-state index contributed by atoms with van der Waals surface area (Å²) in [5.74, 6) is -0.849. The van der Waals surface area contributed by atoms with E-state index in [4.69, 9.17) is 18.6 Å².